The highest BCUT2D eigenvalue weighted by atomic mass is 15.2. The Balaban J connectivity index is 2.21. The van der Waals surface area contributed by atoms with E-state index in [1.54, 1.807) is 0 Å². The van der Waals surface area contributed by atoms with Gasteiger partial charge in [0, 0.05) is 13.1 Å². The average molecular weight is 183 g/mol. The van der Waals surface area contributed by atoms with Crippen molar-refractivity contribution in [3.05, 3.63) is 0 Å². The van der Waals surface area contributed by atoms with Gasteiger partial charge in [-0.25, -0.2) is 0 Å². The van der Waals surface area contributed by atoms with Gasteiger partial charge in [0.15, 0.2) is 0 Å². The summed E-state index contributed by atoms with van der Waals surface area (Å²) in [6.07, 6.45) is 7.10. The molecule has 1 fully saturated rings. The number of rotatable bonds is 6. The molecule has 78 valence electrons. The van der Waals surface area contributed by atoms with Crippen LogP contribution in [0.5, 0.6) is 0 Å². The second-order valence-corrected chi connectivity index (χ2v) is 4.67. The highest BCUT2D eigenvalue weighted by Gasteiger charge is 2.29. The topological polar surface area (TPSA) is 3.24 Å². The summed E-state index contributed by atoms with van der Waals surface area (Å²) in [4.78, 5) is 2.44. The van der Waals surface area contributed by atoms with E-state index in [0.717, 1.165) is 11.8 Å². The van der Waals surface area contributed by atoms with Crippen molar-refractivity contribution in [1.29, 1.82) is 0 Å². The van der Waals surface area contributed by atoms with Crippen molar-refractivity contribution >= 4 is 0 Å². The SMILES string of the molecule is CCCCC(CCC)C1CN(C)C1. The Morgan fingerprint density at radius 1 is 1.15 bits per heavy atom. The van der Waals surface area contributed by atoms with Gasteiger partial charge in [-0.1, -0.05) is 46.0 Å². The molecule has 1 saturated heterocycles. The van der Waals surface area contributed by atoms with Gasteiger partial charge in [-0.3, -0.25) is 0 Å². The lowest BCUT2D eigenvalue weighted by atomic mass is 9.80. The summed E-state index contributed by atoms with van der Waals surface area (Å²) in [6.45, 7) is 7.33. The van der Waals surface area contributed by atoms with Gasteiger partial charge >= 0.3 is 0 Å². The van der Waals surface area contributed by atoms with Crippen molar-refractivity contribution in [1.82, 2.24) is 4.90 Å². The van der Waals surface area contributed by atoms with Gasteiger partial charge in [0.05, 0.1) is 0 Å². The van der Waals surface area contributed by atoms with E-state index in [-0.39, 0.29) is 0 Å². The van der Waals surface area contributed by atoms with Crippen LogP contribution in [0.4, 0.5) is 0 Å². The van der Waals surface area contributed by atoms with Crippen molar-refractivity contribution in [2.24, 2.45) is 11.8 Å². The van der Waals surface area contributed by atoms with Crippen LogP contribution in [0.1, 0.15) is 46.0 Å². The number of hydrogen-bond acceptors (Lipinski definition) is 1. The number of likely N-dealkylation sites (tertiary alicyclic amines) is 1. The molecule has 0 spiro atoms. The number of hydrogen-bond donors (Lipinski definition) is 0. The van der Waals surface area contributed by atoms with Crippen molar-refractivity contribution in [2.75, 3.05) is 20.1 Å². The fourth-order valence-electron chi connectivity index (χ4n) is 2.50. The molecule has 1 heterocycles. The molecule has 0 aromatic rings. The molecule has 0 aromatic carbocycles. The average Bonchev–Trinajstić information content (AvgIpc) is 2.07. The summed E-state index contributed by atoms with van der Waals surface area (Å²) in [5.41, 5.74) is 0. The van der Waals surface area contributed by atoms with Crippen molar-refractivity contribution in [3.8, 4) is 0 Å². The molecule has 0 amide bonds. The number of unbranched alkanes of at least 4 members (excludes halogenated alkanes) is 1. The quantitative estimate of drug-likeness (QED) is 0.611. The van der Waals surface area contributed by atoms with Crippen LogP contribution in [-0.2, 0) is 0 Å². The van der Waals surface area contributed by atoms with Crippen LogP contribution < -0.4 is 0 Å². The van der Waals surface area contributed by atoms with E-state index in [1.165, 1.54) is 45.2 Å². The van der Waals surface area contributed by atoms with Gasteiger partial charge in [0.1, 0.15) is 0 Å². The standard InChI is InChI=1S/C12H25N/c1-4-6-8-11(7-5-2)12-9-13(3)10-12/h11-12H,4-10H2,1-3H3. The van der Waals surface area contributed by atoms with Crippen molar-refractivity contribution in [3.63, 3.8) is 0 Å². The third-order valence-electron chi connectivity index (χ3n) is 3.35. The highest BCUT2D eigenvalue weighted by molar-refractivity contribution is 4.82. The smallest absolute Gasteiger partial charge is 0.00216 e. The Morgan fingerprint density at radius 2 is 1.85 bits per heavy atom. The maximum atomic E-state index is 2.44. The lowest BCUT2D eigenvalue weighted by Crippen LogP contribution is -2.47. The predicted molar refractivity (Wildman–Crippen MR) is 58.9 cm³/mol. The minimum atomic E-state index is 1.02. The molecule has 1 rings (SSSR count). The van der Waals surface area contributed by atoms with Crippen molar-refractivity contribution < 1.29 is 0 Å². The fraction of sp³-hybridized carbons (Fsp3) is 1.00. The molecule has 0 saturated carbocycles. The summed E-state index contributed by atoms with van der Waals surface area (Å²) >= 11 is 0. The van der Waals surface area contributed by atoms with Crippen LogP contribution in [0.2, 0.25) is 0 Å². The summed E-state index contributed by atoms with van der Waals surface area (Å²) < 4.78 is 0. The molecule has 0 N–H and O–H groups in total. The van der Waals surface area contributed by atoms with E-state index in [4.69, 9.17) is 0 Å². The molecule has 1 nitrogen and oxygen atoms in total. The lowest BCUT2D eigenvalue weighted by molar-refractivity contribution is 0.0733. The van der Waals surface area contributed by atoms with Crippen LogP contribution in [0.15, 0.2) is 0 Å². The second-order valence-electron chi connectivity index (χ2n) is 4.67. The molecular weight excluding hydrogens is 158 g/mol. The third-order valence-corrected chi connectivity index (χ3v) is 3.35. The van der Waals surface area contributed by atoms with Gasteiger partial charge in [-0.05, 0) is 18.9 Å². The summed E-state index contributed by atoms with van der Waals surface area (Å²) in [5.74, 6) is 2.05. The zero-order valence-corrected chi connectivity index (χ0v) is 9.55. The Labute approximate surface area is 83.5 Å². The van der Waals surface area contributed by atoms with Gasteiger partial charge in [0.2, 0.25) is 0 Å². The molecule has 0 bridgehead atoms. The van der Waals surface area contributed by atoms with E-state index in [2.05, 4.69) is 25.8 Å². The fourth-order valence-corrected chi connectivity index (χ4v) is 2.50. The van der Waals surface area contributed by atoms with E-state index < -0.39 is 0 Å². The summed E-state index contributed by atoms with van der Waals surface area (Å²) in [5, 5.41) is 0. The molecule has 1 aliphatic heterocycles. The minimum Gasteiger partial charge on any atom is -0.306 e. The predicted octanol–water partition coefficient (Wildman–Crippen LogP) is 3.15. The second kappa shape index (κ2) is 5.64. The van der Waals surface area contributed by atoms with Gasteiger partial charge in [-0.2, -0.15) is 0 Å². The molecular formula is C12H25N. The Bertz CT molecular complexity index is 127. The lowest BCUT2D eigenvalue weighted by Gasteiger charge is -2.41. The molecule has 1 atom stereocenters. The van der Waals surface area contributed by atoms with Crippen LogP contribution >= 0.6 is 0 Å². The molecule has 0 aromatic heterocycles. The Hall–Kier alpha value is -0.0400. The Kier molecular flexibility index (Phi) is 4.79. The van der Waals surface area contributed by atoms with Gasteiger partial charge in [-0.15, -0.1) is 0 Å². The zero-order valence-electron chi connectivity index (χ0n) is 9.55. The van der Waals surface area contributed by atoms with E-state index >= 15 is 0 Å². The van der Waals surface area contributed by atoms with Crippen molar-refractivity contribution in [2.45, 2.75) is 46.0 Å². The zero-order chi connectivity index (χ0) is 9.68. The first kappa shape index (κ1) is 11.0. The molecule has 0 radical (unpaired) electrons. The summed E-state index contributed by atoms with van der Waals surface area (Å²) in [6, 6.07) is 0. The normalized spacial score (nSPS) is 21.5. The first-order valence-electron chi connectivity index (χ1n) is 5.96. The molecule has 1 unspecified atom stereocenters. The van der Waals surface area contributed by atoms with Gasteiger partial charge in [0.25, 0.3) is 0 Å². The van der Waals surface area contributed by atoms with Crippen LogP contribution in [0.3, 0.4) is 0 Å². The molecule has 0 aliphatic carbocycles. The maximum Gasteiger partial charge on any atom is 0.00216 e. The van der Waals surface area contributed by atoms with Gasteiger partial charge < -0.3 is 4.90 Å². The third kappa shape index (κ3) is 3.30. The van der Waals surface area contributed by atoms with Crippen LogP contribution in [-0.4, -0.2) is 25.0 Å². The first-order chi connectivity index (χ1) is 6.27. The molecule has 13 heavy (non-hydrogen) atoms. The molecule has 1 aliphatic rings. The van der Waals surface area contributed by atoms with E-state index in [0.29, 0.717) is 0 Å². The van der Waals surface area contributed by atoms with Crippen LogP contribution in [0.25, 0.3) is 0 Å². The minimum absolute atomic E-state index is 1.02. The monoisotopic (exact) mass is 183 g/mol. The number of nitrogens with zero attached hydrogens (tertiary/aromatic N) is 1. The first-order valence-corrected chi connectivity index (χ1v) is 5.96. The molecule has 1 heteroatoms. The summed E-state index contributed by atoms with van der Waals surface area (Å²) in [7, 11) is 2.24. The highest BCUT2D eigenvalue weighted by Crippen LogP contribution is 2.30. The van der Waals surface area contributed by atoms with Crippen LogP contribution in [0, 0.1) is 11.8 Å². The van der Waals surface area contributed by atoms with E-state index in [1.807, 2.05) is 0 Å². The van der Waals surface area contributed by atoms with E-state index in [9.17, 15) is 0 Å². The Morgan fingerprint density at radius 3 is 2.31 bits per heavy atom. The largest absolute Gasteiger partial charge is 0.306 e. The maximum absolute atomic E-state index is 2.44.